The van der Waals surface area contributed by atoms with Gasteiger partial charge >= 0.3 is 0 Å². The van der Waals surface area contributed by atoms with Gasteiger partial charge in [-0.3, -0.25) is 0 Å². The van der Waals surface area contributed by atoms with Gasteiger partial charge in [-0.25, -0.2) is 14.4 Å². The van der Waals surface area contributed by atoms with Gasteiger partial charge in [-0.1, -0.05) is 121 Å². The van der Waals surface area contributed by atoms with E-state index < -0.39 is 0 Å². The normalized spacial score (nSPS) is 11.7. The molecule has 0 radical (unpaired) electrons. The summed E-state index contributed by atoms with van der Waals surface area (Å²) in [5.41, 5.74) is 12.0. The van der Waals surface area contributed by atoms with Gasteiger partial charge in [0.2, 0.25) is 0 Å². The minimum atomic E-state index is -0.264. The lowest BCUT2D eigenvalue weighted by atomic mass is 10.0. The largest absolute Gasteiger partial charge is 0.309 e. The van der Waals surface area contributed by atoms with E-state index in [9.17, 15) is 4.39 Å². The van der Waals surface area contributed by atoms with Crippen molar-refractivity contribution in [1.29, 1.82) is 0 Å². The van der Waals surface area contributed by atoms with Gasteiger partial charge in [0, 0.05) is 49.3 Å². The third kappa shape index (κ3) is 4.90. The van der Waals surface area contributed by atoms with Crippen LogP contribution in [-0.2, 0) is 0 Å². The zero-order valence-corrected chi connectivity index (χ0v) is 29.6. The van der Waals surface area contributed by atoms with Gasteiger partial charge in [0.25, 0.3) is 0 Å². The summed E-state index contributed by atoms with van der Waals surface area (Å²) >= 11 is 0. The molecule has 258 valence electrons. The summed E-state index contributed by atoms with van der Waals surface area (Å²) in [5, 5.41) is 5.64. The zero-order valence-electron chi connectivity index (χ0n) is 29.6. The highest BCUT2D eigenvalue weighted by molar-refractivity contribution is 6.26. The monoisotopic (exact) mass is 706 g/mol. The van der Waals surface area contributed by atoms with Crippen LogP contribution in [0.2, 0.25) is 0 Å². The summed E-state index contributed by atoms with van der Waals surface area (Å²) in [6.07, 6.45) is 0. The third-order valence-corrected chi connectivity index (χ3v) is 10.8. The molecular weight excluding hydrogens is 676 g/mol. The molecule has 5 heteroatoms. The van der Waals surface area contributed by atoms with Crippen LogP contribution in [0.15, 0.2) is 188 Å². The highest BCUT2D eigenvalue weighted by atomic mass is 19.1. The molecule has 0 fully saturated rings. The van der Waals surface area contributed by atoms with E-state index in [1.165, 1.54) is 10.8 Å². The summed E-state index contributed by atoms with van der Waals surface area (Å²) in [5.74, 6) is 0.421. The van der Waals surface area contributed by atoms with Crippen molar-refractivity contribution in [1.82, 2.24) is 19.1 Å². The summed E-state index contributed by atoms with van der Waals surface area (Å²) in [6, 6.07) is 63.9. The van der Waals surface area contributed by atoms with Crippen molar-refractivity contribution in [2.24, 2.45) is 0 Å². The molecule has 55 heavy (non-hydrogen) atoms. The number of hydrogen-bond acceptors (Lipinski definition) is 2. The van der Waals surface area contributed by atoms with Gasteiger partial charge < -0.3 is 9.13 Å². The highest BCUT2D eigenvalue weighted by Crippen LogP contribution is 2.43. The molecule has 0 saturated carbocycles. The van der Waals surface area contributed by atoms with Gasteiger partial charge in [0.05, 0.1) is 39.0 Å². The van der Waals surface area contributed by atoms with Crippen molar-refractivity contribution >= 4 is 54.5 Å². The molecule has 11 aromatic rings. The second-order valence-electron chi connectivity index (χ2n) is 13.9. The fourth-order valence-corrected chi connectivity index (χ4v) is 8.37. The summed E-state index contributed by atoms with van der Waals surface area (Å²) in [6.45, 7) is 0. The standard InChI is InChI=1S/C50H31FN4/c51-35-25-29-45(41(31-35)32-13-3-1-4-14-32)55-44-22-12-9-19-40(44)47-46(55)30-28-38-37-17-8-11-21-43(37)54(49(38)47)36-26-23-34(24-27-36)50-52-42-20-10-7-18-39(42)48(53-50)33-15-5-2-6-16-33/h1-31H. The number of hydrogen-bond donors (Lipinski definition) is 0. The van der Waals surface area contributed by atoms with E-state index in [0.29, 0.717) is 5.82 Å². The third-order valence-electron chi connectivity index (χ3n) is 10.8. The molecule has 0 aliphatic heterocycles. The molecule has 3 heterocycles. The van der Waals surface area contributed by atoms with Gasteiger partial charge in [-0.15, -0.1) is 0 Å². The Morgan fingerprint density at radius 1 is 0.418 bits per heavy atom. The van der Waals surface area contributed by atoms with Gasteiger partial charge in [0.1, 0.15) is 5.82 Å². The number of aromatic nitrogens is 4. The van der Waals surface area contributed by atoms with E-state index in [2.05, 4.69) is 118 Å². The van der Waals surface area contributed by atoms with Crippen molar-refractivity contribution < 1.29 is 4.39 Å². The van der Waals surface area contributed by atoms with Crippen LogP contribution in [-0.4, -0.2) is 19.1 Å². The molecule has 0 aliphatic rings. The van der Waals surface area contributed by atoms with Crippen molar-refractivity contribution in [3.8, 4) is 45.1 Å². The van der Waals surface area contributed by atoms with Crippen LogP contribution in [0.3, 0.4) is 0 Å². The minimum Gasteiger partial charge on any atom is -0.309 e. The maximum Gasteiger partial charge on any atom is 0.160 e. The maximum atomic E-state index is 15.0. The molecule has 0 N–H and O–H groups in total. The molecule has 4 nitrogen and oxygen atoms in total. The summed E-state index contributed by atoms with van der Waals surface area (Å²) in [7, 11) is 0. The molecule has 0 aliphatic carbocycles. The van der Waals surface area contributed by atoms with Crippen LogP contribution in [0.4, 0.5) is 4.39 Å². The summed E-state index contributed by atoms with van der Waals surface area (Å²) < 4.78 is 19.6. The average Bonchev–Trinajstić information content (AvgIpc) is 3.77. The number of benzene rings is 8. The average molecular weight is 707 g/mol. The van der Waals surface area contributed by atoms with Crippen molar-refractivity contribution in [2.45, 2.75) is 0 Å². The van der Waals surface area contributed by atoms with Gasteiger partial charge in [-0.2, -0.15) is 0 Å². The predicted molar refractivity (Wildman–Crippen MR) is 224 cm³/mol. The SMILES string of the molecule is Fc1ccc(-n2c3ccccc3c3c2ccc2c4ccccc4n(-c4ccc(-c5nc(-c6ccccc6)c6ccccc6n5)cc4)c23)c(-c2ccccc2)c1. The lowest BCUT2D eigenvalue weighted by Gasteiger charge is -2.14. The first-order valence-corrected chi connectivity index (χ1v) is 18.4. The Balaban J connectivity index is 1.15. The van der Waals surface area contributed by atoms with Crippen molar-refractivity contribution in [2.75, 3.05) is 0 Å². The summed E-state index contributed by atoms with van der Waals surface area (Å²) in [4.78, 5) is 10.2. The topological polar surface area (TPSA) is 35.6 Å². The lowest BCUT2D eigenvalue weighted by molar-refractivity contribution is 0.628. The molecule has 0 unspecified atom stereocenters. The lowest BCUT2D eigenvalue weighted by Crippen LogP contribution is -1.98. The molecule has 0 spiro atoms. The Morgan fingerprint density at radius 2 is 1.05 bits per heavy atom. The number of rotatable bonds is 5. The molecule has 3 aromatic heterocycles. The molecular formula is C50H31FN4. The second-order valence-corrected chi connectivity index (χ2v) is 13.9. The van der Waals surface area contributed by atoms with Crippen LogP contribution >= 0.6 is 0 Å². The first-order valence-electron chi connectivity index (χ1n) is 18.4. The Bertz CT molecular complexity index is 3250. The van der Waals surface area contributed by atoms with Crippen LogP contribution in [0.1, 0.15) is 0 Å². The van der Waals surface area contributed by atoms with Gasteiger partial charge in [0.15, 0.2) is 5.82 Å². The predicted octanol–water partition coefficient (Wildman–Crippen LogP) is 13.0. The Morgan fingerprint density at radius 3 is 1.82 bits per heavy atom. The number of para-hydroxylation sites is 3. The molecule has 0 saturated heterocycles. The number of fused-ring (bicyclic) bond motifs is 8. The fourth-order valence-electron chi connectivity index (χ4n) is 8.37. The minimum absolute atomic E-state index is 0.264. The van der Waals surface area contributed by atoms with Crippen LogP contribution < -0.4 is 0 Å². The van der Waals surface area contributed by atoms with E-state index in [1.54, 1.807) is 12.1 Å². The molecule has 11 rings (SSSR count). The first kappa shape index (κ1) is 31.2. The van der Waals surface area contributed by atoms with Crippen molar-refractivity contribution in [3.05, 3.63) is 194 Å². The number of halogens is 1. The van der Waals surface area contributed by atoms with E-state index in [-0.39, 0.29) is 5.82 Å². The van der Waals surface area contributed by atoms with Crippen LogP contribution in [0, 0.1) is 5.82 Å². The van der Waals surface area contributed by atoms with E-state index >= 15 is 0 Å². The Labute approximate surface area is 316 Å². The van der Waals surface area contributed by atoms with E-state index in [0.717, 1.165) is 83.1 Å². The maximum absolute atomic E-state index is 15.0. The molecule has 0 atom stereocenters. The smallest absolute Gasteiger partial charge is 0.160 e. The molecule has 8 aromatic carbocycles. The Kier molecular flexibility index (Phi) is 7.01. The number of nitrogens with zero attached hydrogens (tertiary/aromatic N) is 4. The Hall–Kier alpha value is -7.37. The van der Waals surface area contributed by atoms with Crippen LogP contribution in [0.5, 0.6) is 0 Å². The van der Waals surface area contributed by atoms with Crippen LogP contribution in [0.25, 0.3) is 99.7 Å². The van der Waals surface area contributed by atoms with E-state index in [1.807, 2.05) is 66.7 Å². The highest BCUT2D eigenvalue weighted by Gasteiger charge is 2.22. The van der Waals surface area contributed by atoms with E-state index in [4.69, 9.17) is 9.97 Å². The fraction of sp³-hybridized carbons (Fsp3) is 0. The second kappa shape index (κ2) is 12.4. The first-order chi connectivity index (χ1) is 27.2. The quantitative estimate of drug-likeness (QED) is 0.179. The van der Waals surface area contributed by atoms with Gasteiger partial charge in [-0.05, 0) is 72.3 Å². The zero-order chi connectivity index (χ0) is 36.5. The van der Waals surface area contributed by atoms with Crippen molar-refractivity contribution in [3.63, 3.8) is 0 Å². The molecule has 0 bridgehead atoms. The molecule has 0 amide bonds.